The first-order chi connectivity index (χ1) is 10.4. The maximum atomic E-state index is 11.6. The Balaban J connectivity index is 2.26. The third-order valence-corrected chi connectivity index (χ3v) is 3.33. The van der Waals surface area contributed by atoms with Gasteiger partial charge in [-0.25, -0.2) is 9.59 Å². The van der Waals surface area contributed by atoms with E-state index in [1.54, 1.807) is 38.4 Å². The third kappa shape index (κ3) is 3.44. The second-order valence-electron chi connectivity index (χ2n) is 5.24. The van der Waals surface area contributed by atoms with E-state index >= 15 is 0 Å². The van der Waals surface area contributed by atoms with E-state index in [-0.39, 0.29) is 11.6 Å². The van der Waals surface area contributed by atoms with Crippen LogP contribution in [0.25, 0.3) is 11.1 Å². The highest BCUT2D eigenvalue weighted by molar-refractivity contribution is 5.90. The van der Waals surface area contributed by atoms with Gasteiger partial charge >= 0.3 is 12.0 Å². The molecule has 0 bridgehead atoms. The van der Waals surface area contributed by atoms with Gasteiger partial charge < -0.3 is 15.3 Å². The molecule has 114 valence electrons. The van der Waals surface area contributed by atoms with E-state index in [1.807, 2.05) is 25.1 Å². The fourth-order valence-corrected chi connectivity index (χ4v) is 2.09. The standard InChI is InChI=1S/C17H18N2O3/c1-11-10-14(18-17(22)19(2)3)8-9-15(11)12-4-6-13(7-5-12)16(20)21/h4-10H,1-3H3,(H,18,22)(H,20,21). The summed E-state index contributed by atoms with van der Waals surface area (Å²) in [4.78, 5) is 24.0. The van der Waals surface area contributed by atoms with Crippen LogP contribution in [0.4, 0.5) is 10.5 Å². The molecule has 5 heteroatoms. The molecule has 0 saturated heterocycles. The van der Waals surface area contributed by atoms with E-state index in [9.17, 15) is 9.59 Å². The maximum absolute atomic E-state index is 11.6. The Hall–Kier alpha value is -2.82. The van der Waals surface area contributed by atoms with E-state index in [1.165, 1.54) is 4.90 Å². The number of nitrogens with one attached hydrogen (secondary N) is 1. The molecule has 0 fully saturated rings. The van der Waals surface area contributed by atoms with Gasteiger partial charge in [0.2, 0.25) is 0 Å². The zero-order valence-electron chi connectivity index (χ0n) is 12.8. The molecule has 0 unspecified atom stereocenters. The summed E-state index contributed by atoms with van der Waals surface area (Å²) in [7, 11) is 3.36. The van der Waals surface area contributed by atoms with Gasteiger partial charge in [0.05, 0.1) is 5.56 Å². The van der Waals surface area contributed by atoms with Crippen molar-refractivity contribution in [1.82, 2.24) is 4.90 Å². The van der Waals surface area contributed by atoms with Gasteiger partial charge in [-0.15, -0.1) is 0 Å². The minimum absolute atomic E-state index is 0.182. The van der Waals surface area contributed by atoms with Crippen LogP contribution in [-0.4, -0.2) is 36.1 Å². The average Bonchev–Trinajstić information content (AvgIpc) is 2.47. The molecule has 5 nitrogen and oxygen atoms in total. The molecule has 2 rings (SSSR count). The summed E-state index contributed by atoms with van der Waals surface area (Å²) in [5.41, 5.74) is 3.92. The van der Waals surface area contributed by atoms with Gasteiger partial charge in [-0.1, -0.05) is 18.2 Å². The van der Waals surface area contributed by atoms with Crippen molar-refractivity contribution in [1.29, 1.82) is 0 Å². The van der Waals surface area contributed by atoms with Crippen molar-refractivity contribution >= 4 is 17.7 Å². The Morgan fingerprint density at radius 1 is 1.05 bits per heavy atom. The first-order valence-corrected chi connectivity index (χ1v) is 6.81. The number of carbonyl (C=O) groups excluding carboxylic acids is 1. The number of carboxylic acid groups (broad SMARTS) is 1. The SMILES string of the molecule is Cc1cc(NC(=O)N(C)C)ccc1-c1ccc(C(=O)O)cc1. The third-order valence-electron chi connectivity index (χ3n) is 3.33. The molecule has 0 saturated carbocycles. The highest BCUT2D eigenvalue weighted by Gasteiger charge is 2.08. The first kappa shape index (κ1) is 15.6. The van der Waals surface area contributed by atoms with E-state index in [4.69, 9.17) is 5.11 Å². The smallest absolute Gasteiger partial charge is 0.335 e. The molecule has 22 heavy (non-hydrogen) atoms. The van der Waals surface area contributed by atoms with Crippen LogP contribution in [-0.2, 0) is 0 Å². The van der Waals surface area contributed by atoms with Crippen LogP contribution in [0.1, 0.15) is 15.9 Å². The minimum atomic E-state index is -0.940. The van der Waals surface area contributed by atoms with E-state index < -0.39 is 5.97 Å². The second kappa shape index (κ2) is 6.30. The van der Waals surface area contributed by atoms with E-state index in [0.29, 0.717) is 0 Å². The largest absolute Gasteiger partial charge is 0.478 e. The van der Waals surface area contributed by atoms with Crippen molar-refractivity contribution < 1.29 is 14.7 Å². The highest BCUT2D eigenvalue weighted by atomic mass is 16.4. The summed E-state index contributed by atoms with van der Waals surface area (Å²) in [6, 6.07) is 12.2. The molecule has 0 radical (unpaired) electrons. The second-order valence-corrected chi connectivity index (χ2v) is 5.24. The number of rotatable bonds is 3. The van der Waals surface area contributed by atoms with Crippen LogP contribution in [0.15, 0.2) is 42.5 Å². The van der Waals surface area contributed by atoms with E-state index in [0.717, 1.165) is 22.4 Å². The van der Waals surface area contributed by atoms with Gasteiger partial charge in [0, 0.05) is 19.8 Å². The number of hydrogen-bond acceptors (Lipinski definition) is 2. The van der Waals surface area contributed by atoms with Crippen molar-refractivity contribution in [3.8, 4) is 11.1 Å². The number of aryl methyl sites for hydroxylation is 1. The quantitative estimate of drug-likeness (QED) is 0.911. The highest BCUT2D eigenvalue weighted by Crippen LogP contribution is 2.26. The molecule has 0 aliphatic carbocycles. The number of anilines is 1. The number of hydrogen-bond donors (Lipinski definition) is 2. The lowest BCUT2D eigenvalue weighted by molar-refractivity contribution is 0.0697. The predicted octanol–water partition coefficient (Wildman–Crippen LogP) is 3.45. The molecule has 2 aromatic carbocycles. The average molecular weight is 298 g/mol. The lowest BCUT2D eigenvalue weighted by atomic mass is 9.99. The van der Waals surface area contributed by atoms with Gasteiger partial charge in [0.1, 0.15) is 0 Å². The Labute approximate surface area is 129 Å². The molecule has 0 atom stereocenters. The minimum Gasteiger partial charge on any atom is -0.478 e. The number of carbonyl (C=O) groups is 2. The molecule has 2 N–H and O–H groups in total. The summed E-state index contributed by atoms with van der Waals surface area (Å²) >= 11 is 0. The zero-order valence-corrected chi connectivity index (χ0v) is 12.8. The number of nitrogens with zero attached hydrogens (tertiary/aromatic N) is 1. The van der Waals surface area contributed by atoms with Crippen molar-refractivity contribution in [3.05, 3.63) is 53.6 Å². The summed E-state index contributed by atoms with van der Waals surface area (Å²) in [5, 5.41) is 11.7. The predicted molar refractivity (Wildman–Crippen MR) is 86.3 cm³/mol. The molecule has 2 amide bonds. The normalized spacial score (nSPS) is 10.1. The Morgan fingerprint density at radius 3 is 2.18 bits per heavy atom. The maximum Gasteiger partial charge on any atom is 0.335 e. The van der Waals surface area contributed by atoms with Crippen LogP contribution in [0.5, 0.6) is 0 Å². The summed E-state index contributed by atoms with van der Waals surface area (Å²) in [5.74, 6) is -0.940. The van der Waals surface area contributed by atoms with Crippen LogP contribution in [0.3, 0.4) is 0 Å². The molecule has 0 aliphatic heterocycles. The first-order valence-electron chi connectivity index (χ1n) is 6.81. The van der Waals surface area contributed by atoms with Crippen LogP contribution in [0.2, 0.25) is 0 Å². The van der Waals surface area contributed by atoms with Crippen LogP contribution >= 0.6 is 0 Å². The molecular weight excluding hydrogens is 280 g/mol. The van der Waals surface area contributed by atoms with Gasteiger partial charge in [-0.3, -0.25) is 0 Å². The van der Waals surface area contributed by atoms with Gasteiger partial charge in [-0.2, -0.15) is 0 Å². The number of benzene rings is 2. The Kier molecular flexibility index (Phi) is 4.46. The molecule has 2 aromatic rings. The molecule has 0 heterocycles. The number of urea groups is 1. The van der Waals surface area contributed by atoms with Gasteiger partial charge in [0.25, 0.3) is 0 Å². The molecule has 0 aromatic heterocycles. The molecular formula is C17H18N2O3. The lowest BCUT2D eigenvalue weighted by Gasteiger charge is -2.14. The van der Waals surface area contributed by atoms with Crippen molar-refractivity contribution in [2.45, 2.75) is 6.92 Å². The molecule has 0 spiro atoms. The van der Waals surface area contributed by atoms with Crippen LogP contribution in [0, 0.1) is 6.92 Å². The van der Waals surface area contributed by atoms with Crippen molar-refractivity contribution in [2.75, 3.05) is 19.4 Å². The number of amides is 2. The van der Waals surface area contributed by atoms with Crippen molar-refractivity contribution in [2.24, 2.45) is 0 Å². The van der Waals surface area contributed by atoms with E-state index in [2.05, 4.69) is 5.32 Å². The van der Waals surface area contributed by atoms with Gasteiger partial charge in [-0.05, 0) is 47.9 Å². The monoisotopic (exact) mass is 298 g/mol. The molecule has 0 aliphatic rings. The zero-order chi connectivity index (χ0) is 16.3. The lowest BCUT2D eigenvalue weighted by Crippen LogP contribution is -2.27. The van der Waals surface area contributed by atoms with Crippen molar-refractivity contribution in [3.63, 3.8) is 0 Å². The fourth-order valence-electron chi connectivity index (χ4n) is 2.09. The summed E-state index contributed by atoms with van der Waals surface area (Å²) in [6.07, 6.45) is 0. The topological polar surface area (TPSA) is 69.6 Å². The Bertz CT molecular complexity index is 706. The Morgan fingerprint density at radius 2 is 1.68 bits per heavy atom. The number of aromatic carboxylic acids is 1. The number of carboxylic acids is 1. The summed E-state index contributed by atoms with van der Waals surface area (Å²) in [6.45, 7) is 1.95. The van der Waals surface area contributed by atoms with Gasteiger partial charge in [0.15, 0.2) is 0 Å². The fraction of sp³-hybridized carbons (Fsp3) is 0.176. The van der Waals surface area contributed by atoms with Crippen LogP contribution < -0.4 is 5.32 Å². The summed E-state index contributed by atoms with van der Waals surface area (Å²) < 4.78 is 0.